The third-order valence-electron chi connectivity index (χ3n) is 9.83. The van der Waals surface area contributed by atoms with Gasteiger partial charge in [-0.15, -0.1) is 0 Å². The lowest BCUT2D eigenvalue weighted by Crippen LogP contribution is -2.70. The fourth-order valence-electron chi connectivity index (χ4n) is 7.12. The molecular weight excluding hydrogens is 1140 g/mol. The summed E-state index contributed by atoms with van der Waals surface area (Å²) in [5, 5.41) is 75.2. The summed E-state index contributed by atoms with van der Waals surface area (Å²) in [4.78, 5) is 24.7. The van der Waals surface area contributed by atoms with E-state index in [2.05, 4.69) is 16.7 Å². The van der Waals surface area contributed by atoms with Crippen LogP contribution >= 0.6 is 0 Å². The molecule has 4 rings (SSSR count). The Morgan fingerprint density at radius 2 is 0.889 bits per heavy atom. The molecule has 4 saturated heterocycles. The van der Waals surface area contributed by atoms with Crippen molar-refractivity contribution in [3.63, 3.8) is 0 Å². The Kier molecular flexibility index (Phi) is 20.3. The van der Waals surface area contributed by atoms with E-state index in [4.69, 9.17) is 42.4 Å². The minimum atomic E-state index is -5.92. The van der Waals surface area contributed by atoms with E-state index in [9.17, 15) is 119 Å². The molecule has 0 aromatic carbocycles. The summed E-state index contributed by atoms with van der Waals surface area (Å²) in [7, 11) is -33.4. The molecule has 4 heterocycles. The zero-order valence-corrected chi connectivity index (χ0v) is 39.7. The van der Waals surface area contributed by atoms with Gasteiger partial charge in [-0.3, -0.25) is 27.3 Å². The molecule has 0 radical (unpaired) electrons. The third kappa shape index (κ3) is 17.3. The van der Waals surface area contributed by atoms with E-state index in [-0.39, 0.29) is 0 Å². The van der Waals surface area contributed by atoms with Gasteiger partial charge >= 0.3 is 74.1 Å². The second kappa shape index (κ2) is 23.5. The molecule has 4 fully saturated rings. The zero-order valence-electron chi connectivity index (χ0n) is 34.8. The lowest BCUT2D eigenvalue weighted by atomic mass is 9.94. The number of methoxy groups -OCH3 is 1. The van der Waals surface area contributed by atoms with Gasteiger partial charge in [0.25, 0.3) is 0 Å². The molecule has 0 amide bonds. The molecule has 72 heavy (non-hydrogen) atoms. The molecule has 0 bridgehead atoms. The molecule has 47 heteroatoms. The molecule has 4 aliphatic rings. The van der Waals surface area contributed by atoms with Gasteiger partial charge in [0.2, 0.25) is 0 Å². The number of ether oxygens (including phenoxy) is 8. The van der Waals surface area contributed by atoms with Crippen molar-refractivity contribution in [2.45, 2.75) is 123 Å². The number of hydrogen-bond acceptors (Lipinski definition) is 31. The van der Waals surface area contributed by atoms with Crippen molar-refractivity contribution in [3.05, 3.63) is 0 Å². The van der Waals surface area contributed by atoms with Crippen LogP contribution in [0, 0.1) is 0 Å². The molecule has 0 spiro atoms. The Bertz CT molecular complexity index is 2600. The van der Waals surface area contributed by atoms with Gasteiger partial charge in [0.15, 0.2) is 43.5 Å². The molecule has 0 aromatic rings. The highest BCUT2D eigenvalue weighted by atomic mass is 32.3. The third-order valence-corrected chi connectivity index (χ3v) is 12.8. The van der Waals surface area contributed by atoms with Crippen LogP contribution in [0.3, 0.4) is 0 Å². The van der Waals surface area contributed by atoms with Crippen LogP contribution in [0.1, 0.15) is 0 Å². The first-order valence-electron chi connectivity index (χ1n) is 18.6. The van der Waals surface area contributed by atoms with Crippen molar-refractivity contribution < 1.29 is 178 Å². The average molecular weight is 1190 g/mol. The standard InChI is InChI=1S/C25H42N2O39S6/c1-55-15-11(31)17(66-72(52,53)54)25(64-18(15)20(32)33)60-12-4(2-56-69(43,44)45)59-23(6(8(12)28)26-67(37,38)39)62-16-9(29)10(30)24(63-19(16)21(34)35)61-13-5(3-57-70(46,47)48)58-22(36)7(27-68(40,41)42)14(13)65-71(49,50)51/h4-19,22-31,36H,2-3H2,1H3,(H,32,33)(H,34,35)(H,37,38,39)(H,40,41,42)(H,43,44,45)(H,46,47,48)(H,49,50,51)(H,52,53,54)/t4?,5?,6-,7-,8+,9+,10-,11-,12-,13-,14+,15+,16+,17-,18?,19?,22+,23-,24+,25+/m0/s1. The maximum Gasteiger partial charge on any atom is 0.397 e. The van der Waals surface area contributed by atoms with Crippen molar-refractivity contribution in [1.82, 2.24) is 9.44 Å². The van der Waals surface area contributed by atoms with Crippen molar-refractivity contribution in [1.29, 1.82) is 0 Å². The van der Waals surface area contributed by atoms with Crippen LogP contribution in [0.2, 0.25) is 0 Å². The minimum absolute atomic E-state index is 0.766. The molecule has 20 atom stereocenters. The van der Waals surface area contributed by atoms with Crippen molar-refractivity contribution in [2.24, 2.45) is 0 Å². The van der Waals surface area contributed by atoms with Gasteiger partial charge in [-0.25, -0.2) is 26.3 Å². The molecule has 0 aromatic heterocycles. The molecule has 0 saturated carbocycles. The lowest BCUT2D eigenvalue weighted by molar-refractivity contribution is -0.369. The van der Waals surface area contributed by atoms with Crippen LogP contribution in [-0.2, 0) is 126 Å². The Hall–Kier alpha value is -2.36. The molecular formula is C25H42N2O39S6. The second-order valence-corrected chi connectivity index (χ2v) is 21.4. The summed E-state index contributed by atoms with van der Waals surface area (Å²) in [5.74, 6) is -4.33. The molecule has 4 aliphatic heterocycles. The van der Waals surface area contributed by atoms with Gasteiger partial charge < -0.3 is 73.6 Å². The Morgan fingerprint density at radius 1 is 0.458 bits per heavy atom. The smallest absolute Gasteiger partial charge is 0.397 e. The molecule has 4 unspecified atom stereocenters. The Balaban J connectivity index is 1.77. The largest absolute Gasteiger partial charge is 0.479 e. The summed E-state index contributed by atoms with van der Waals surface area (Å²) in [6.07, 6.45) is -48.5. The number of nitrogens with one attached hydrogen (secondary N) is 2. The van der Waals surface area contributed by atoms with E-state index in [1.54, 1.807) is 0 Å². The number of hydrogen-bond donors (Lipinski definition) is 15. The highest BCUT2D eigenvalue weighted by molar-refractivity contribution is 7.84. The maximum atomic E-state index is 12.7. The van der Waals surface area contributed by atoms with Gasteiger partial charge in [-0.2, -0.15) is 60.0 Å². The quantitative estimate of drug-likeness (QED) is 0.0423. The van der Waals surface area contributed by atoms with E-state index in [1.165, 1.54) is 9.44 Å². The normalized spacial score (nSPS) is 38.8. The molecule has 15 N–H and O–H groups in total. The van der Waals surface area contributed by atoms with Crippen LogP contribution < -0.4 is 9.44 Å². The highest BCUT2D eigenvalue weighted by Crippen LogP contribution is 2.36. The first kappa shape index (κ1) is 62.2. The first-order chi connectivity index (χ1) is 32.6. The maximum absolute atomic E-state index is 12.7. The summed E-state index contributed by atoms with van der Waals surface area (Å²) in [6.45, 7) is -3.32. The predicted octanol–water partition coefficient (Wildman–Crippen LogP) is -10.8. The fraction of sp³-hybridized carbons (Fsp3) is 0.920. The topological polar surface area (TPSA) is 637 Å². The number of aliphatic carboxylic acids is 2. The van der Waals surface area contributed by atoms with Gasteiger partial charge in [-0.05, 0) is 0 Å². The number of aliphatic hydroxyl groups is 5. The van der Waals surface area contributed by atoms with Crippen LogP contribution in [0.25, 0.3) is 0 Å². The minimum Gasteiger partial charge on any atom is -0.479 e. The van der Waals surface area contributed by atoms with Crippen LogP contribution in [0.15, 0.2) is 0 Å². The fourth-order valence-corrected chi connectivity index (χ4v) is 9.91. The monoisotopic (exact) mass is 1190 g/mol. The van der Waals surface area contributed by atoms with E-state index >= 15 is 0 Å². The van der Waals surface area contributed by atoms with Crippen LogP contribution in [0.5, 0.6) is 0 Å². The summed E-state index contributed by atoms with van der Waals surface area (Å²) in [5.41, 5.74) is 0. The number of carboxylic acids is 2. The van der Waals surface area contributed by atoms with E-state index in [0.717, 1.165) is 7.11 Å². The second-order valence-electron chi connectivity index (χ2n) is 14.7. The highest BCUT2D eigenvalue weighted by Gasteiger charge is 2.59. The molecule has 422 valence electrons. The SMILES string of the molecule is CO[C@H]1C(C(=O)O)O[C@@H](O[C@H]2C(COS(=O)(=O)O)O[C@@H](O[C@H]3C(C(=O)O)O[C@@H](O[C@H]4C(COS(=O)(=O)O)O[C@@H](O)[C@@H](NS(=O)(=O)O)[C@H]4OS(=O)(=O)O)[C@@H](O)[C@H]3O)[C@@H](NS(=O)(=O)O)[C@H]2O)[C@@H](OS(=O)(=O)O)[C@H]1O. The first-order valence-corrected chi connectivity index (χ1v) is 27.0. The molecule has 0 aliphatic carbocycles. The number of aliphatic hydroxyl groups excluding tert-OH is 5. The van der Waals surface area contributed by atoms with Crippen molar-refractivity contribution >= 4 is 74.1 Å². The van der Waals surface area contributed by atoms with Gasteiger partial charge in [-0.1, -0.05) is 0 Å². The van der Waals surface area contributed by atoms with Crippen LogP contribution in [0.4, 0.5) is 0 Å². The van der Waals surface area contributed by atoms with E-state index < -0.39 is 210 Å². The zero-order chi connectivity index (χ0) is 55.0. The predicted molar refractivity (Wildman–Crippen MR) is 206 cm³/mol. The van der Waals surface area contributed by atoms with Crippen molar-refractivity contribution in [2.75, 3.05) is 20.3 Å². The lowest BCUT2D eigenvalue weighted by Gasteiger charge is -2.49. The molecule has 41 nitrogen and oxygen atoms in total. The van der Waals surface area contributed by atoms with Gasteiger partial charge in [0, 0.05) is 7.11 Å². The van der Waals surface area contributed by atoms with E-state index in [1.807, 2.05) is 0 Å². The number of carboxylic acid groups (broad SMARTS) is 2. The average Bonchev–Trinajstić information content (AvgIpc) is 3.19. The van der Waals surface area contributed by atoms with Crippen molar-refractivity contribution in [3.8, 4) is 0 Å². The summed E-state index contributed by atoms with van der Waals surface area (Å²) >= 11 is 0. The number of carbonyl (C=O) groups is 2. The number of rotatable bonds is 23. The van der Waals surface area contributed by atoms with Gasteiger partial charge in [0.05, 0.1) is 13.2 Å². The van der Waals surface area contributed by atoms with Crippen LogP contribution in [-0.4, -0.2) is 269 Å². The summed E-state index contributed by atoms with van der Waals surface area (Å²) in [6, 6.07) is -5.45. The van der Waals surface area contributed by atoms with E-state index in [0.29, 0.717) is 0 Å². The Morgan fingerprint density at radius 3 is 1.35 bits per heavy atom. The Labute approximate surface area is 403 Å². The van der Waals surface area contributed by atoms with Gasteiger partial charge in [0.1, 0.15) is 79.2 Å². The summed E-state index contributed by atoms with van der Waals surface area (Å²) < 4.78 is 259.